The van der Waals surface area contributed by atoms with Gasteiger partial charge >= 0.3 is 0 Å². The summed E-state index contributed by atoms with van der Waals surface area (Å²) in [6.07, 6.45) is -2.19. The van der Waals surface area contributed by atoms with Crippen LogP contribution in [0.25, 0.3) is 0 Å². The number of aliphatic hydroxyl groups excluding tert-OH is 3. The van der Waals surface area contributed by atoms with Crippen LogP contribution in [0.2, 0.25) is 0 Å². The maximum Gasteiger partial charge on any atom is 0.224 e. The lowest BCUT2D eigenvalue weighted by Gasteiger charge is -2.42. The minimum absolute atomic E-state index is 0.0466. The van der Waals surface area contributed by atoms with Gasteiger partial charge in [-0.2, -0.15) is 0 Å². The fraction of sp³-hybridized carbons (Fsp3) is 0.882. The molecule has 0 radical (unpaired) electrons. The molecule has 0 aromatic rings. The molecule has 2 saturated heterocycles. The number of amides is 2. The summed E-state index contributed by atoms with van der Waals surface area (Å²) in [5.74, 6) is -0.466. The van der Waals surface area contributed by atoms with E-state index in [-0.39, 0.29) is 18.7 Å². The van der Waals surface area contributed by atoms with Crippen molar-refractivity contribution in [1.29, 1.82) is 0 Å². The fourth-order valence-electron chi connectivity index (χ4n) is 3.54. The van der Waals surface area contributed by atoms with E-state index in [0.717, 1.165) is 6.42 Å². The Morgan fingerprint density at radius 3 is 2.69 bits per heavy atom. The number of hydrogen-bond acceptors (Lipinski definition) is 9. The van der Waals surface area contributed by atoms with Gasteiger partial charge in [0.1, 0.15) is 30.6 Å². The number of nitrogens with zero attached hydrogens (tertiary/aromatic N) is 1. The zero-order valence-corrected chi connectivity index (χ0v) is 17.4. The SMILES string of the molecule is CC(=O)NC1C(OCCCCC(=O)N2CCC[C@H]2OPO)OC(CO)C(O)C1O. The van der Waals surface area contributed by atoms with E-state index in [1.165, 1.54) is 6.92 Å². The maximum atomic E-state index is 12.3. The first-order valence-corrected chi connectivity index (χ1v) is 10.6. The molecule has 0 bridgehead atoms. The van der Waals surface area contributed by atoms with Crippen LogP contribution in [0.15, 0.2) is 0 Å². The highest BCUT2D eigenvalue weighted by Gasteiger charge is 2.45. The minimum atomic E-state index is -1.36. The van der Waals surface area contributed by atoms with E-state index in [2.05, 4.69) is 5.32 Å². The fourth-order valence-corrected chi connectivity index (χ4v) is 3.91. The topological polar surface area (TPSA) is 158 Å². The van der Waals surface area contributed by atoms with Gasteiger partial charge in [-0.3, -0.25) is 9.59 Å². The molecule has 11 nitrogen and oxygen atoms in total. The van der Waals surface area contributed by atoms with Crippen LogP contribution in [0.1, 0.15) is 39.0 Å². The van der Waals surface area contributed by atoms with Crippen LogP contribution in [-0.2, 0) is 23.6 Å². The van der Waals surface area contributed by atoms with E-state index in [4.69, 9.17) is 18.9 Å². The number of carbonyl (C=O) groups is 2. The molecule has 2 aliphatic heterocycles. The van der Waals surface area contributed by atoms with Crippen LogP contribution in [0, 0.1) is 0 Å². The van der Waals surface area contributed by atoms with Gasteiger partial charge in [0.25, 0.3) is 0 Å². The van der Waals surface area contributed by atoms with Crippen molar-refractivity contribution in [2.24, 2.45) is 0 Å². The quantitative estimate of drug-likeness (QED) is 0.204. The van der Waals surface area contributed by atoms with Crippen molar-refractivity contribution < 1.29 is 43.8 Å². The molecule has 6 unspecified atom stereocenters. The molecule has 0 saturated carbocycles. The normalized spacial score (nSPS) is 32.8. The smallest absolute Gasteiger partial charge is 0.224 e. The molecule has 0 aliphatic carbocycles. The third kappa shape index (κ3) is 6.80. The Morgan fingerprint density at radius 1 is 1.28 bits per heavy atom. The van der Waals surface area contributed by atoms with Crippen LogP contribution in [0.4, 0.5) is 0 Å². The molecule has 5 N–H and O–H groups in total. The molecule has 0 aromatic carbocycles. The maximum absolute atomic E-state index is 12.3. The molecule has 0 spiro atoms. The van der Waals surface area contributed by atoms with Crippen LogP contribution in [-0.4, -0.2) is 93.6 Å². The van der Waals surface area contributed by atoms with E-state index in [0.29, 0.717) is 32.2 Å². The number of ether oxygens (including phenoxy) is 2. The minimum Gasteiger partial charge on any atom is -0.394 e. The third-order valence-electron chi connectivity index (χ3n) is 5.02. The van der Waals surface area contributed by atoms with Crippen LogP contribution >= 0.6 is 9.03 Å². The van der Waals surface area contributed by atoms with Crippen LogP contribution in [0.3, 0.4) is 0 Å². The highest BCUT2D eigenvalue weighted by atomic mass is 31.1. The van der Waals surface area contributed by atoms with Crippen molar-refractivity contribution in [3.63, 3.8) is 0 Å². The molecular weight excluding hydrogens is 407 g/mol. The standard InChI is InChI=1S/C17H31N2O9P/c1-10(21)18-14-16(24)15(23)11(9-20)27-17(14)26-8-3-2-5-12(22)19-7-4-6-13(19)28-29-25/h11,13-17,20,23-25,29H,2-9H2,1H3,(H,18,21)/t11?,13-,14?,15?,16?,17?/m1/s1. The number of carbonyl (C=O) groups excluding carboxylic acids is 2. The van der Waals surface area contributed by atoms with Crippen molar-refractivity contribution in [2.75, 3.05) is 19.8 Å². The number of nitrogens with one attached hydrogen (secondary N) is 1. The van der Waals surface area contributed by atoms with Crippen molar-refractivity contribution in [3.05, 3.63) is 0 Å². The predicted octanol–water partition coefficient (Wildman–Crippen LogP) is -1.42. The Labute approximate surface area is 171 Å². The van der Waals surface area contributed by atoms with Crippen molar-refractivity contribution >= 4 is 20.8 Å². The summed E-state index contributed by atoms with van der Waals surface area (Å²) in [5, 5.41) is 32.0. The summed E-state index contributed by atoms with van der Waals surface area (Å²) >= 11 is 0. The van der Waals surface area contributed by atoms with E-state index in [9.17, 15) is 24.9 Å². The molecule has 2 fully saturated rings. The van der Waals surface area contributed by atoms with E-state index < -0.39 is 52.2 Å². The van der Waals surface area contributed by atoms with Gasteiger partial charge in [0, 0.05) is 26.5 Å². The first-order valence-electron chi connectivity index (χ1n) is 9.74. The second-order valence-corrected chi connectivity index (χ2v) is 7.57. The van der Waals surface area contributed by atoms with Gasteiger partial charge in [-0.1, -0.05) is 0 Å². The Bertz CT molecular complexity index is 541. The van der Waals surface area contributed by atoms with Gasteiger partial charge in [-0.25, -0.2) is 0 Å². The number of aliphatic hydroxyl groups is 3. The first kappa shape index (κ1) is 24.4. The molecule has 12 heteroatoms. The second kappa shape index (κ2) is 12.1. The van der Waals surface area contributed by atoms with Crippen LogP contribution < -0.4 is 5.32 Å². The van der Waals surface area contributed by atoms with Gasteiger partial charge < -0.3 is 44.4 Å². The summed E-state index contributed by atoms with van der Waals surface area (Å²) in [4.78, 5) is 34.2. The second-order valence-electron chi connectivity index (χ2n) is 7.15. The average molecular weight is 438 g/mol. The summed E-state index contributed by atoms with van der Waals surface area (Å²) in [6.45, 7) is 1.58. The summed E-state index contributed by atoms with van der Waals surface area (Å²) < 4.78 is 16.3. The highest BCUT2D eigenvalue weighted by molar-refractivity contribution is 7.25. The zero-order chi connectivity index (χ0) is 21.4. The largest absolute Gasteiger partial charge is 0.394 e. The van der Waals surface area contributed by atoms with Gasteiger partial charge in [-0.05, 0) is 25.7 Å². The Morgan fingerprint density at radius 2 is 2.03 bits per heavy atom. The van der Waals surface area contributed by atoms with E-state index >= 15 is 0 Å². The van der Waals surface area contributed by atoms with Gasteiger partial charge in [0.15, 0.2) is 15.3 Å². The van der Waals surface area contributed by atoms with Gasteiger partial charge in [-0.15, -0.1) is 0 Å². The highest BCUT2D eigenvalue weighted by Crippen LogP contribution is 2.25. The summed E-state index contributed by atoms with van der Waals surface area (Å²) in [5.41, 5.74) is 0. The Hall–Kier alpha value is -0.910. The Kier molecular flexibility index (Phi) is 10.1. The van der Waals surface area contributed by atoms with Crippen molar-refractivity contribution in [2.45, 2.75) is 75.9 Å². The third-order valence-corrected chi connectivity index (χ3v) is 5.40. The lowest BCUT2D eigenvalue weighted by atomic mass is 9.97. The molecule has 168 valence electrons. The molecule has 29 heavy (non-hydrogen) atoms. The number of hydrogen-bond donors (Lipinski definition) is 5. The zero-order valence-electron chi connectivity index (χ0n) is 16.4. The molecule has 2 rings (SSSR count). The monoisotopic (exact) mass is 438 g/mol. The predicted molar refractivity (Wildman–Crippen MR) is 102 cm³/mol. The molecule has 0 aromatic heterocycles. The van der Waals surface area contributed by atoms with Crippen molar-refractivity contribution in [3.8, 4) is 0 Å². The number of rotatable bonds is 10. The average Bonchev–Trinajstić information content (AvgIpc) is 3.15. The van der Waals surface area contributed by atoms with Crippen molar-refractivity contribution in [1.82, 2.24) is 10.2 Å². The molecule has 7 atom stereocenters. The molecule has 2 aliphatic rings. The lowest BCUT2D eigenvalue weighted by molar-refractivity contribution is -0.270. The van der Waals surface area contributed by atoms with E-state index in [1.807, 2.05) is 0 Å². The van der Waals surface area contributed by atoms with Crippen LogP contribution in [0.5, 0.6) is 0 Å². The Balaban J connectivity index is 1.77. The summed E-state index contributed by atoms with van der Waals surface area (Å²) in [6, 6.07) is -0.978. The molecule has 2 amide bonds. The summed E-state index contributed by atoms with van der Waals surface area (Å²) in [7, 11) is -0.650. The molecule has 2 heterocycles. The first-order chi connectivity index (χ1) is 13.9. The molecular formula is C17H31N2O9P. The van der Waals surface area contributed by atoms with E-state index in [1.54, 1.807) is 4.90 Å². The number of likely N-dealkylation sites (tertiary alicyclic amines) is 1. The van der Waals surface area contributed by atoms with Gasteiger partial charge in [0.05, 0.1) is 6.61 Å². The number of unbranched alkanes of at least 4 members (excludes halogenated alkanes) is 1. The lowest BCUT2D eigenvalue weighted by Crippen LogP contribution is -2.64. The van der Waals surface area contributed by atoms with Gasteiger partial charge in [0.2, 0.25) is 11.8 Å².